The van der Waals surface area contributed by atoms with E-state index in [1.165, 1.54) is 24.1 Å². The molecule has 4 rings (SSSR count). The summed E-state index contributed by atoms with van der Waals surface area (Å²) < 4.78 is 20.2. The van der Waals surface area contributed by atoms with Crippen molar-refractivity contribution in [2.75, 3.05) is 65.8 Å². The van der Waals surface area contributed by atoms with E-state index in [0.29, 0.717) is 44.4 Å². The fourth-order valence-corrected chi connectivity index (χ4v) is 3.82. The van der Waals surface area contributed by atoms with Crippen molar-refractivity contribution in [3.05, 3.63) is 43.0 Å². The number of hydrogen-bond donors (Lipinski definition) is 2. The van der Waals surface area contributed by atoms with E-state index in [1.807, 2.05) is 11.0 Å². The van der Waals surface area contributed by atoms with E-state index in [2.05, 4.69) is 37.1 Å². The van der Waals surface area contributed by atoms with Crippen LogP contribution < -0.4 is 25.3 Å². The lowest BCUT2D eigenvalue weighted by molar-refractivity contribution is -0.119. The van der Waals surface area contributed by atoms with Gasteiger partial charge in [0.05, 0.1) is 25.0 Å². The average molecular weight is 471 g/mol. The van der Waals surface area contributed by atoms with E-state index in [-0.39, 0.29) is 24.8 Å². The molecule has 0 saturated carbocycles. The number of amides is 2. The Morgan fingerprint density at radius 2 is 2.06 bits per heavy atom. The first-order valence-electron chi connectivity index (χ1n) is 11.0. The molecule has 34 heavy (non-hydrogen) atoms. The van der Waals surface area contributed by atoms with Crippen molar-refractivity contribution in [2.45, 2.75) is 13.0 Å². The minimum absolute atomic E-state index is 0.202. The van der Waals surface area contributed by atoms with Gasteiger partial charge in [0.25, 0.3) is 0 Å². The molecule has 11 nitrogen and oxygen atoms in total. The van der Waals surface area contributed by atoms with Gasteiger partial charge in [-0.2, -0.15) is 4.98 Å². The Labute approximate surface area is 196 Å². The molecule has 2 saturated heterocycles. The summed E-state index contributed by atoms with van der Waals surface area (Å²) in [7, 11) is 0. The van der Waals surface area contributed by atoms with Crippen molar-refractivity contribution in [1.29, 1.82) is 0 Å². The van der Waals surface area contributed by atoms with Crippen LogP contribution in [0.1, 0.15) is 6.92 Å². The fraction of sp³-hybridized carbons (Fsp3) is 0.409. The van der Waals surface area contributed by atoms with Crippen LogP contribution in [-0.2, 0) is 9.53 Å². The molecule has 0 bridgehead atoms. The van der Waals surface area contributed by atoms with Crippen molar-refractivity contribution in [3.8, 4) is 0 Å². The maximum Gasteiger partial charge on any atom is 0.414 e. The first-order chi connectivity index (χ1) is 16.4. The van der Waals surface area contributed by atoms with Crippen LogP contribution in [0.15, 0.2) is 37.2 Å². The zero-order chi connectivity index (χ0) is 24.1. The van der Waals surface area contributed by atoms with E-state index in [1.54, 1.807) is 12.3 Å². The Balaban J connectivity index is 1.37. The number of pyridine rings is 1. The highest BCUT2D eigenvalue weighted by Gasteiger charge is 2.33. The molecule has 0 spiro atoms. The average Bonchev–Trinajstić information content (AvgIpc) is 3.22. The van der Waals surface area contributed by atoms with Crippen LogP contribution in [0, 0.1) is 5.82 Å². The molecule has 12 heteroatoms. The van der Waals surface area contributed by atoms with E-state index in [4.69, 9.17) is 4.74 Å². The zero-order valence-electron chi connectivity index (χ0n) is 18.9. The van der Waals surface area contributed by atoms with Crippen molar-refractivity contribution in [1.82, 2.24) is 20.3 Å². The monoisotopic (exact) mass is 470 g/mol. The minimum Gasteiger partial charge on any atom is -0.442 e. The molecule has 0 radical (unpaired) electrons. The van der Waals surface area contributed by atoms with Crippen LogP contribution in [0.3, 0.4) is 0 Å². The predicted octanol–water partition coefficient (Wildman–Crippen LogP) is 1.40. The molecular weight excluding hydrogens is 443 g/mol. The molecule has 2 N–H and O–H groups in total. The van der Waals surface area contributed by atoms with Gasteiger partial charge in [-0.3, -0.25) is 9.69 Å². The molecule has 2 amide bonds. The predicted molar refractivity (Wildman–Crippen MR) is 126 cm³/mol. The number of halogens is 1. The Bertz CT molecular complexity index is 1060. The van der Waals surface area contributed by atoms with Gasteiger partial charge in [0.2, 0.25) is 11.9 Å². The molecule has 2 aromatic heterocycles. The van der Waals surface area contributed by atoms with Crippen molar-refractivity contribution < 1.29 is 18.7 Å². The Morgan fingerprint density at radius 1 is 1.29 bits per heavy atom. The SMILES string of the molecule is C=CCNc1nccc(N2CCN(c3ncc(N4C[C@H](CNC(C)=O)OC4=O)cc3F)CC2)n1. The maximum absolute atomic E-state index is 15.0. The number of cyclic esters (lactones) is 1. The largest absolute Gasteiger partial charge is 0.442 e. The molecule has 2 aliphatic rings. The molecule has 2 fully saturated rings. The molecule has 180 valence electrons. The van der Waals surface area contributed by atoms with Crippen LogP contribution >= 0.6 is 0 Å². The molecule has 0 unspecified atom stereocenters. The van der Waals surface area contributed by atoms with Gasteiger partial charge in [0.15, 0.2) is 11.6 Å². The summed E-state index contributed by atoms with van der Waals surface area (Å²) in [5.41, 5.74) is 0.316. The minimum atomic E-state index is -0.593. The lowest BCUT2D eigenvalue weighted by Gasteiger charge is -2.36. The number of nitrogens with zero attached hydrogens (tertiary/aromatic N) is 6. The Kier molecular flexibility index (Phi) is 7.04. The molecule has 1 atom stereocenters. The van der Waals surface area contributed by atoms with Crippen LogP contribution in [0.4, 0.5) is 32.5 Å². The maximum atomic E-state index is 15.0. The topological polar surface area (TPSA) is 116 Å². The molecule has 4 heterocycles. The normalized spacial score (nSPS) is 18.0. The smallest absolute Gasteiger partial charge is 0.414 e. The quantitative estimate of drug-likeness (QED) is 0.552. The summed E-state index contributed by atoms with van der Waals surface area (Å²) in [6.45, 7) is 8.45. The summed E-state index contributed by atoms with van der Waals surface area (Å²) in [5, 5.41) is 5.68. The number of carbonyl (C=O) groups excluding carboxylic acids is 2. The number of aromatic nitrogens is 3. The van der Waals surface area contributed by atoms with Crippen molar-refractivity contribution in [3.63, 3.8) is 0 Å². The van der Waals surface area contributed by atoms with Gasteiger partial charge in [-0.15, -0.1) is 6.58 Å². The third kappa shape index (κ3) is 5.33. The lowest BCUT2D eigenvalue weighted by Crippen LogP contribution is -2.47. The van der Waals surface area contributed by atoms with Gasteiger partial charge >= 0.3 is 6.09 Å². The van der Waals surface area contributed by atoms with E-state index in [9.17, 15) is 14.0 Å². The highest BCUT2D eigenvalue weighted by Crippen LogP contribution is 2.27. The Hall–Kier alpha value is -3.96. The van der Waals surface area contributed by atoms with E-state index < -0.39 is 18.0 Å². The van der Waals surface area contributed by atoms with Crippen LogP contribution in [-0.4, -0.2) is 78.9 Å². The van der Waals surface area contributed by atoms with E-state index >= 15 is 0 Å². The number of carbonyl (C=O) groups is 2. The first-order valence-corrected chi connectivity index (χ1v) is 11.0. The number of anilines is 4. The van der Waals surface area contributed by atoms with Crippen LogP contribution in [0.5, 0.6) is 0 Å². The number of hydrogen-bond acceptors (Lipinski definition) is 9. The number of piperazine rings is 1. The van der Waals surface area contributed by atoms with Crippen molar-refractivity contribution in [2.24, 2.45) is 0 Å². The molecule has 0 aliphatic carbocycles. The summed E-state index contributed by atoms with van der Waals surface area (Å²) >= 11 is 0. The summed E-state index contributed by atoms with van der Waals surface area (Å²) in [5.74, 6) is 0.842. The third-order valence-electron chi connectivity index (χ3n) is 5.52. The van der Waals surface area contributed by atoms with Gasteiger partial charge in [-0.25, -0.2) is 19.2 Å². The van der Waals surface area contributed by atoms with Crippen LogP contribution in [0.2, 0.25) is 0 Å². The number of ether oxygens (including phenoxy) is 1. The summed E-state index contributed by atoms with van der Waals surface area (Å²) in [6.07, 6.45) is 3.81. The van der Waals surface area contributed by atoms with Gasteiger partial charge in [-0.1, -0.05) is 6.08 Å². The fourth-order valence-electron chi connectivity index (χ4n) is 3.82. The number of rotatable bonds is 8. The molecule has 2 aliphatic heterocycles. The highest BCUT2D eigenvalue weighted by atomic mass is 19.1. The zero-order valence-corrected chi connectivity index (χ0v) is 18.9. The number of nitrogens with one attached hydrogen (secondary N) is 2. The second kappa shape index (κ2) is 10.3. The second-order valence-corrected chi connectivity index (χ2v) is 7.93. The summed E-state index contributed by atoms with van der Waals surface area (Å²) in [4.78, 5) is 41.6. The van der Waals surface area contributed by atoms with Crippen LogP contribution in [0.25, 0.3) is 0 Å². The van der Waals surface area contributed by atoms with Gasteiger partial charge in [0.1, 0.15) is 11.9 Å². The second-order valence-electron chi connectivity index (χ2n) is 7.93. The Morgan fingerprint density at radius 3 is 2.76 bits per heavy atom. The van der Waals surface area contributed by atoms with Gasteiger partial charge < -0.3 is 25.2 Å². The molecule has 2 aromatic rings. The third-order valence-corrected chi connectivity index (χ3v) is 5.52. The molecular formula is C22H27FN8O3. The molecule has 0 aromatic carbocycles. The standard InChI is InChI=1S/C22H27FN8O3/c1-3-5-24-21-25-6-4-19(28-21)29-7-9-30(10-8-29)20-18(23)11-16(12-27-20)31-14-17(34-22(31)33)13-26-15(2)32/h3-4,6,11-12,17H,1,5,7-10,13-14H2,2H3,(H,26,32)(H,24,25,28)/t17-/m0/s1. The lowest BCUT2D eigenvalue weighted by atomic mass is 10.2. The van der Waals surface area contributed by atoms with Crippen molar-refractivity contribution >= 4 is 35.3 Å². The van der Waals surface area contributed by atoms with Gasteiger partial charge in [0, 0.05) is 51.9 Å². The first kappa shape index (κ1) is 23.2. The highest BCUT2D eigenvalue weighted by molar-refractivity contribution is 5.89. The van der Waals surface area contributed by atoms with Gasteiger partial charge in [-0.05, 0) is 6.07 Å². The summed E-state index contributed by atoms with van der Waals surface area (Å²) in [6, 6.07) is 3.13. The van der Waals surface area contributed by atoms with E-state index in [0.717, 1.165) is 5.82 Å².